The van der Waals surface area contributed by atoms with E-state index in [0.29, 0.717) is 25.9 Å². The fraction of sp³-hybridized carbons (Fsp3) is 0.945. The van der Waals surface area contributed by atoms with Gasteiger partial charge in [-0.05, 0) is 51.4 Å². The van der Waals surface area contributed by atoms with E-state index in [1.54, 1.807) is 0 Å². The van der Waals surface area contributed by atoms with E-state index in [0.717, 1.165) is 38.5 Å². The fourth-order valence-electron chi connectivity index (χ4n) is 11.8. The number of hydrogen-bond donors (Lipinski definition) is 3. The molecule has 79 heavy (non-hydrogen) atoms. The van der Waals surface area contributed by atoms with Crippen LogP contribution in [0.5, 0.6) is 0 Å². The third kappa shape index (κ3) is 65.6. The number of nitrogens with one attached hydrogen (secondary N) is 1. The number of ether oxygens (including phenoxy) is 1. The van der Waals surface area contributed by atoms with Crippen molar-refractivity contribution in [1.29, 1.82) is 0 Å². The van der Waals surface area contributed by atoms with Crippen molar-refractivity contribution in [3.05, 3.63) is 12.2 Å². The SMILES string of the molecule is CCCCCCCCCCCCCCCCCCCCC(O)C(CO)NC(=O)CCCCCCCCCCCCCCCCCCC/C=C\CCCCCCCCCCCCCCOC(=O)CCCCCCCCCCCCC. The maximum absolute atomic E-state index is 12.5. The van der Waals surface area contributed by atoms with Crippen molar-refractivity contribution in [3.63, 3.8) is 0 Å². The van der Waals surface area contributed by atoms with Crippen molar-refractivity contribution in [2.45, 2.75) is 431 Å². The molecule has 1 amide bonds. The Kier molecular flexibility index (Phi) is 67.9. The van der Waals surface area contributed by atoms with Crippen LogP contribution in [0, 0.1) is 0 Å². The Hall–Kier alpha value is -1.40. The first-order valence-corrected chi connectivity index (χ1v) is 36.4. The molecular weight excluding hydrogens is 971 g/mol. The molecular formula is C73H143NO5. The van der Waals surface area contributed by atoms with Crippen LogP contribution in [0.4, 0.5) is 0 Å². The number of aliphatic hydroxyl groups excluding tert-OH is 2. The lowest BCUT2D eigenvalue weighted by Gasteiger charge is -2.22. The van der Waals surface area contributed by atoms with Crippen molar-refractivity contribution in [2.24, 2.45) is 0 Å². The van der Waals surface area contributed by atoms with Crippen LogP contribution < -0.4 is 5.32 Å². The monoisotopic (exact) mass is 1110 g/mol. The standard InChI is InChI=1S/C73H143NO5/c1-3-5-7-9-11-13-15-16-17-18-36-39-42-46-49-53-57-61-65-71(76)70(69-75)74-72(77)66-62-58-54-50-47-43-40-37-34-32-30-28-26-24-22-20-19-21-23-25-27-29-31-33-35-38-41-44-48-52-56-60-64-68-79-73(78)67-63-59-55-51-45-14-12-10-8-6-4-2/h23,25,70-71,75-76H,3-22,24,26-69H2,1-2H3,(H,74,77)/b25-23-. The summed E-state index contributed by atoms with van der Waals surface area (Å²) in [7, 11) is 0. The Labute approximate surface area is 495 Å². The van der Waals surface area contributed by atoms with Gasteiger partial charge in [0.25, 0.3) is 0 Å². The molecule has 0 bridgehead atoms. The molecule has 0 aromatic heterocycles. The number of hydrogen-bond acceptors (Lipinski definition) is 5. The van der Waals surface area contributed by atoms with Gasteiger partial charge in [0, 0.05) is 12.8 Å². The summed E-state index contributed by atoms with van der Waals surface area (Å²) in [6, 6.07) is -0.539. The summed E-state index contributed by atoms with van der Waals surface area (Å²) in [5.74, 6) is -0.00809. The molecule has 0 fully saturated rings. The minimum atomic E-state index is -0.662. The van der Waals surface area contributed by atoms with Gasteiger partial charge in [-0.15, -0.1) is 0 Å². The smallest absolute Gasteiger partial charge is 0.305 e. The Morgan fingerprint density at radius 1 is 0.342 bits per heavy atom. The highest BCUT2D eigenvalue weighted by Crippen LogP contribution is 2.19. The quantitative estimate of drug-likeness (QED) is 0.0320. The van der Waals surface area contributed by atoms with E-state index in [-0.39, 0.29) is 18.5 Å². The number of unbranched alkanes of at least 4 members (excludes halogenated alkanes) is 56. The van der Waals surface area contributed by atoms with Crippen molar-refractivity contribution < 1.29 is 24.5 Å². The highest BCUT2D eigenvalue weighted by atomic mass is 16.5. The van der Waals surface area contributed by atoms with E-state index in [4.69, 9.17) is 4.74 Å². The van der Waals surface area contributed by atoms with Crippen LogP contribution in [0.1, 0.15) is 418 Å². The van der Waals surface area contributed by atoms with Crippen LogP contribution >= 0.6 is 0 Å². The molecule has 2 atom stereocenters. The molecule has 0 aromatic rings. The largest absolute Gasteiger partial charge is 0.466 e. The van der Waals surface area contributed by atoms with E-state index in [1.165, 1.54) is 347 Å². The molecule has 0 aliphatic carbocycles. The summed E-state index contributed by atoms with van der Waals surface area (Å²) >= 11 is 0. The zero-order valence-electron chi connectivity index (χ0n) is 53.9. The second-order valence-corrected chi connectivity index (χ2v) is 25.3. The molecule has 6 heteroatoms. The molecule has 6 nitrogen and oxygen atoms in total. The Morgan fingerprint density at radius 2 is 0.595 bits per heavy atom. The summed E-state index contributed by atoms with van der Waals surface area (Å²) in [5, 5.41) is 23.4. The van der Waals surface area contributed by atoms with Gasteiger partial charge in [0.15, 0.2) is 0 Å². The number of rotatable bonds is 69. The number of esters is 1. The molecule has 0 aliphatic rings. The van der Waals surface area contributed by atoms with Crippen LogP contribution in [-0.2, 0) is 14.3 Å². The van der Waals surface area contributed by atoms with Crippen molar-refractivity contribution in [2.75, 3.05) is 13.2 Å². The molecule has 0 saturated heterocycles. The molecule has 0 heterocycles. The average molecular weight is 1110 g/mol. The molecule has 0 spiro atoms. The first kappa shape index (κ1) is 77.6. The number of allylic oxidation sites excluding steroid dienone is 2. The molecule has 0 aliphatic heterocycles. The summed E-state index contributed by atoms with van der Waals surface area (Å²) in [6.07, 6.45) is 85.6. The van der Waals surface area contributed by atoms with Crippen LogP contribution in [0.25, 0.3) is 0 Å². The first-order chi connectivity index (χ1) is 39.0. The van der Waals surface area contributed by atoms with Crippen LogP contribution in [0.3, 0.4) is 0 Å². The van der Waals surface area contributed by atoms with E-state index >= 15 is 0 Å². The summed E-state index contributed by atoms with van der Waals surface area (Å²) in [5.41, 5.74) is 0. The summed E-state index contributed by atoms with van der Waals surface area (Å²) < 4.78 is 5.48. The minimum absolute atomic E-state index is 0.0193. The number of carbonyl (C=O) groups excluding carboxylic acids is 2. The summed E-state index contributed by atoms with van der Waals surface area (Å²) in [6.45, 7) is 4.99. The van der Waals surface area contributed by atoms with Gasteiger partial charge in [-0.25, -0.2) is 0 Å². The van der Waals surface area contributed by atoms with Gasteiger partial charge in [-0.3, -0.25) is 9.59 Å². The Bertz CT molecular complexity index is 1190. The predicted octanol–water partition coefficient (Wildman–Crippen LogP) is 23.5. The fourth-order valence-corrected chi connectivity index (χ4v) is 11.8. The van der Waals surface area contributed by atoms with Gasteiger partial charge in [-0.2, -0.15) is 0 Å². The highest BCUT2D eigenvalue weighted by molar-refractivity contribution is 5.76. The predicted molar refractivity (Wildman–Crippen MR) is 347 cm³/mol. The Balaban J connectivity index is 3.34. The zero-order chi connectivity index (χ0) is 57.1. The Morgan fingerprint density at radius 3 is 0.899 bits per heavy atom. The van der Waals surface area contributed by atoms with Gasteiger partial charge in [0.1, 0.15) is 0 Å². The van der Waals surface area contributed by atoms with Gasteiger partial charge in [0.05, 0.1) is 25.4 Å². The molecule has 0 saturated carbocycles. The second kappa shape index (κ2) is 69.1. The van der Waals surface area contributed by atoms with Gasteiger partial charge >= 0.3 is 5.97 Å². The van der Waals surface area contributed by atoms with Crippen molar-refractivity contribution in [1.82, 2.24) is 5.32 Å². The van der Waals surface area contributed by atoms with Crippen LogP contribution in [0.15, 0.2) is 12.2 Å². The third-order valence-electron chi connectivity index (χ3n) is 17.3. The number of amides is 1. The molecule has 0 radical (unpaired) electrons. The maximum atomic E-state index is 12.5. The normalized spacial score (nSPS) is 12.5. The minimum Gasteiger partial charge on any atom is -0.466 e. The number of aliphatic hydroxyl groups is 2. The lowest BCUT2D eigenvalue weighted by Crippen LogP contribution is -2.45. The van der Waals surface area contributed by atoms with Gasteiger partial charge in [-0.1, -0.05) is 366 Å². The lowest BCUT2D eigenvalue weighted by molar-refractivity contribution is -0.143. The van der Waals surface area contributed by atoms with Crippen molar-refractivity contribution >= 4 is 11.9 Å². The molecule has 3 N–H and O–H groups in total. The lowest BCUT2D eigenvalue weighted by atomic mass is 10.0. The molecule has 0 aromatic carbocycles. The van der Waals surface area contributed by atoms with E-state index in [2.05, 4.69) is 31.3 Å². The third-order valence-corrected chi connectivity index (χ3v) is 17.3. The second-order valence-electron chi connectivity index (χ2n) is 25.3. The van der Waals surface area contributed by atoms with Crippen LogP contribution in [0.2, 0.25) is 0 Å². The number of carbonyl (C=O) groups is 2. The molecule has 2 unspecified atom stereocenters. The van der Waals surface area contributed by atoms with Crippen molar-refractivity contribution in [3.8, 4) is 0 Å². The average Bonchev–Trinajstić information content (AvgIpc) is 3.45. The van der Waals surface area contributed by atoms with E-state index < -0.39 is 12.1 Å². The summed E-state index contributed by atoms with van der Waals surface area (Å²) in [4.78, 5) is 24.5. The maximum Gasteiger partial charge on any atom is 0.305 e. The first-order valence-electron chi connectivity index (χ1n) is 36.4. The van der Waals surface area contributed by atoms with Gasteiger partial charge in [0.2, 0.25) is 5.91 Å². The molecule has 470 valence electrons. The van der Waals surface area contributed by atoms with E-state index in [9.17, 15) is 19.8 Å². The highest BCUT2D eigenvalue weighted by Gasteiger charge is 2.20. The molecule has 0 rings (SSSR count). The zero-order valence-corrected chi connectivity index (χ0v) is 53.9. The van der Waals surface area contributed by atoms with Gasteiger partial charge < -0.3 is 20.3 Å². The van der Waals surface area contributed by atoms with Crippen LogP contribution in [-0.4, -0.2) is 47.4 Å². The topological polar surface area (TPSA) is 95.9 Å². The van der Waals surface area contributed by atoms with E-state index in [1.807, 2.05) is 0 Å².